The minimum atomic E-state index is 0.793. The Morgan fingerprint density at radius 2 is 2.11 bits per heavy atom. The molecule has 0 unspecified atom stereocenters. The van der Waals surface area contributed by atoms with Crippen molar-refractivity contribution in [3.05, 3.63) is 36.5 Å². The first-order valence-electron chi connectivity index (χ1n) is 5.73. The largest absolute Gasteiger partial charge is 0.496 e. The molecule has 0 amide bonds. The zero-order valence-electron chi connectivity index (χ0n) is 10.3. The summed E-state index contributed by atoms with van der Waals surface area (Å²) >= 11 is 0. The van der Waals surface area contributed by atoms with E-state index in [-0.39, 0.29) is 0 Å². The first kappa shape index (κ1) is 10.8. The fourth-order valence-electron chi connectivity index (χ4n) is 2.05. The molecule has 3 rings (SSSR count). The van der Waals surface area contributed by atoms with Crippen molar-refractivity contribution in [2.45, 2.75) is 0 Å². The Labute approximate surface area is 105 Å². The molecule has 2 aromatic heterocycles. The number of ether oxygens (including phenoxy) is 1. The normalized spacial score (nSPS) is 10.7. The average Bonchev–Trinajstić information content (AvgIpc) is 2.81. The SMILES string of the molecule is Bc1cnc2[nH]nc(-c3ccccc3OC)c2c1. The van der Waals surface area contributed by atoms with Crippen LogP contribution >= 0.6 is 0 Å². The van der Waals surface area contributed by atoms with Crippen molar-refractivity contribution in [1.82, 2.24) is 15.2 Å². The number of nitrogens with zero attached hydrogens (tertiary/aromatic N) is 2. The summed E-state index contributed by atoms with van der Waals surface area (Å²) in [6.07, 6.45) is 1.83. The van der Waals surface area contributed by atoms with Gasteiger partial charge in [-0.1, -0.05) is 23.7 Å². The van der Waals surface area contributed by atoms with Crippen LogP contribution < -0.4 is 10.2 Å². The number of H-pyrrole nitrogens is 1. The van der Waals surface area contributed by atoms with Crippen molar-refractivity contribution >= 4 is 24.3 Å². The molecule has 1 N–H and O–H groups in total. The molecule has 0 radical (unpaired) electrons. The number of aromatic amines is 1. The van der Waals surface area contributed by atoms with Gasteiger partial charge in [0.15, 0.2) is 5.65 Å². The summed E-state index contributed by atoms with van der Waals surface area (Å²) < 4.78 is 5.37. The predicted octanol–water partition coefficient (Wildman–Crippen LogP) is 0.892. The molecule has 0 atom stereocenters. The molecule has 1 aromatic carbocycles. The van der Waals surface area contributed by atoms with Gasteiger partial charge in [0.25, 0.3) is 0 Å². The second kappa shape index (κ2) is 4.18. The van der Waals surface area contributed by atoms with Gasteiger partial charge in [-0.3, -0.25) is 5.10 Å². The van der Waals surface area contributed by atoms with Gasteiger partial charge in [0, 0.05) is 17.1 Å². The molecule has 0 aliphatic heterocycles. The van der Waals surface area contributed by atoms with Crippen LogP contribution in [0.3, 0.4) is 0 Å². The smallest absolute Gasteiger partial charge is 0.155 e. The van der Waals surface area contributed by atoms with E-state index in [0.29, 0.717) is 0 Å². The highest BCUT2D eigenvalue weighted by molar-refractivity contribution is 6.33. The van der Waals surface area contributed by atoms with E-state index < -0.39 is 0 Å². The predicted molar refractivity (Wildman–Crippen MR) is 74.1 cm³/mol. The molecule has 88 valence electrons. The highest BCUT2D eigenvalue weighted by Crippen LogP contribution is 2.31. The van der Waals surface area contributed by atoms with Crippen molar-refractivity contribution in [1.29, 1.82) is 0 Å². The molecule has 4 nitrogen and oxygen atoms in total. The van der Waals surface area contributed by atoms with Crippen LogP contribution in [0.2, 0.25) is 0 Å². The van der Waals surface area contributed by atoms with E-state index in [1.165, 1.54) is 0 Å². The molecular formula is C13H12BN3O. The van der Waals surface area contributed by atoms with Gasteiger partial charge in [0.2, 0.25) is 0 Å². The molecule has 0 aliphatic rings. The highest BCUT2D eigenvalue weighted by Gasteiger charge is 2.12. The topological polar surface area (TPSA) is 50.8 Å². The molecule has 18 heavy (non-hydrogen) atoms. The standard InChI is InChI=1S/C13H12BN3O/c1-18-11-5-3-2-4-9(11)12-10-6-8(14)7-15-13(10)17-16-12/h2-7H,14H2,1H3,(H,15,16,17). The maximum Gasteiger partial charge on any atom is 0.155 e. The molecule has 0 saturated heterocycles. The molecule has 2 heterocycles. The lowest BCUT2D eigenvalue weighted by Gasteiger charge is -2.05. The Hall–Kier alpha value is -2.30. The number of nitrogens with one attached hydrogen (secondary N) is 1. The summed E-state index contributed by atoms with van der Waals surface area (Å²) in [6.45, 7) is 0. The van der Waals surface area contributed by atoms with Gasteiger partial charge >= 0.3 is 0 Å². The van der Waals surface area contributed by atoms with Gasteiger partial charge in [-0.25, -0.2) is 4.98 Å². The van der Waals surface area contributed by atoms with Gasteiger partial charge < -0.3 is 4.74 Å². The van der Waals surface area contributed by atoms with E-state index in [1.54, 1.807) is 7.11 Å². The summed E-state index contributed by atoms with van der Waals surface area (Å²) in [5, 5.41) is 8.31. The van der Waals surface area contributed by atoms with E-state index in [2.05, 4.69) is 21.2 Å². The van der Waals surface area contributed by atoms with Gasteiger partial charge in [-0.2, -0.15) is 5.10 Å². The van der Waals surface area contributed by atoms with Crippen molar-refractivity contribution in [3.63, 3.8) is 0 Å². The number of pyridine rings is 1. The van der Waals surface area contributed by atoms with Gasteiger partial charge in [-0.15, -0.1) is 0 Å². The zero-order chi connectivity index (χ0) is 12.5. The number of hydrogen-bond donors (Lipinski definition) is 1. The third-order valence-electron chi connectivity index (χ3n) is 2.92. The van der Waals surface area contributed by atoms with E-state index >= 15 is 0 Å². The maximum atomic E-state index is 5.37. The van der Waals surface area contributed by atoms with Crippen molar-refractivity contribution in [3.8, 4) is 17.0 Å². The Morgan fingerprint density at radius 1 is 1.28 bits per heavy atom. The fraction of sp³-hybridized carbons (Fsp3) is 0.0769. The zero-order valence-corrected chi connectivity index (χ0v) is 10.3. The minimum Gasteiger partial charge on any atom is -0.496 e. The lowest BCUT2D eigenvalue weighted by molar-refractivity contribution is 0.416. The van der Waals surface area contributed by atoms with E-state index in [0.717, 1.165) is 33.5 Å². The first-order chi connectivity index (χ1) is 8.79. The van der Waals surface area contributed by atoms with Gasteiger partial charge in [-0.05, 0) is 12.1 Å². The van der Waals surface area contributed by atoms with Gasteiger partial charge in [0.1, 0.15) is 19.3 Å². The number of fused-ring (bicyclic) bond motifs is 1. The number of hydrogen-bond acceptors (Lipinski definition) is 3. The number of rotatable bonds is 2. The number of methoxy groups -OCH3 is 1. The fourth-order valence-corrected chi connectivity index (χ4v) is 2.05. The molecule has 0 fully saturated rings. The molecule has 0 saturated carbocycles. The van der Waals surface area contributed by atoms with Crippen molar-refractivity contribution in [2.75, 3.05) is 7.11 Å². The maximum absolute atomic E-state index is 5.37. The summed E-state index contributed by atoms with van der Waals surface area (Å²) in [6, 6.07) is 9.92. The number of benzene rings is 1. The van der Waals surface area contributed by atoms with E-state index in [1.807, 2.05) is 38.3 Å². The summed E-state index contributed by atoms with van der Waals surface area (Å²) in [4.78, 5) is 4.32. The van der Waals surface area contributed by atoms with Crippen LogP contribution in [0.5, 0.6) is 5.75 Å². The third-order valence-corrected chi connectivity index (χ3v) is 2.92. The Kier molecular flexibility index (Phi) is 2.52. The second-order valence-corrected chi connectivity index (χ2v) is 4.18. The molecular weight excluding hydrogens is 225 g/mol. The van der Waals surface area contributed by atoms with Crippen LogP contribution in [0.4, 0.5) is 0 Å². The van der Waals surface area contributed by atoms with Gasteiger partial charge in [0.05, 0.1) is 7.11 Å². The van der Waals surface area contributed by atoms with Crippen LogP contribution in [-0.4, -0.2) is 30.1 Å². The molecule has 5 heteroatoms. The second-order valence-electron chi connectivity index (χ2n) is 4.18. The first-order valence-corrected chi connectivity index (χ1v) is 5.73. The van der Waals surface area contributed by atoms with Crippen LogP contribution in [0, 0.1) is 0 Å². The quantitative estimate of drug-likeness (QED) is 0.673. The highest BCUT2D eigenvalue weighted by atomic mass is 16.5. The van der Waals surface area contributed by atoms with Crippen LogP contribution in [0.1, 0.15) is 0 Å². The Balaban J connectivity index is 2.28. The molecule has 0 spiro atoms. The summed E-state index contributed by atoms with van der Waals surface area (Å²) in [5.41, 5.74) is 3.75. The van der Waals surface area contributed by atoms with E-state index in [4.69, 9.17) is 4.74 Å². The Morgan fingerprint density at radius 3 is 2.94 bits per heavy atom. The van der Waals surface area contributed by atoms with E-state index in [9.17, 15) is 0 Å². The molecule has 0 aliphatic carbocycles. The van der Waals surface area contributed by atoms with Crippen LogP contribution in [0.25, 0.3) is 22.3 Å². The summed E-state index contributed by atoms with van der Waals surface area (Å²) in [5.74, 6) is 0.812. The molecule has 3 aromatic rings. The third kappa shape index (κ3) is 1.64. The molecule has 0 bridgehead atoms. The van der Waals surface area contributed by atoms with Crippen molar-refractivity contribution < 1.29 is 4.74 Å². The lowest BCUT2D eigenvalue weighted by atomic mass is 9.96. The minimum absolute atomic E-state index is 0.793. The van der Waals surface area contributed by atoms with Crippen molar-refractivity contribution in [2.24, 2.45) is 0 Å². The van der Waals surface area contributed by atoms with Crippen LogP contribution in [-0.2, 0) is 0 Å². The Bertz CT molecular complexity index is 708. The average molecular weight is 237 g/mol. The summed E-state index contributed by atoms with van der Waals surface area (Å²) in [7, 11) is 3.68. The lowest BCUT2D eigenvalue weighted by Crippen LogP contribution is -2.01. The van der Waals surface area contributed by atoms with Crippen LogP contribution in [0.15, 0.2) is 36.5 Å². The monoisotopic (exact) mass is 237 g/mol. The number of aromatic nitrogens is 3. The number of para-hydroxylation sites is 1.